The second kappa shape index (κ2) is 8.55. The topological polar surface area (TPSA) is 75.7 Å². The van der Waals surface area contributed by atoms with Crippen molar-refractivity contribution >= 4 is 21.6 Å². The molecule has 0 spiro atoms. The number of rotatable bonds is 5. The van der Waals surface area contributed by atoms with Crippen LogP contribution < -0.4 is 10.1 Å². The number of nitrogens with one attached hydrogen (secondary N) is 1. The number of nitrogens with zero attached hydrogens (tertiary/aromatic N) is 1. The fourth-order valence-electron chi connectivity index (χ4n) is 3.66. The number of benzene rings is 2. The monoisotopic (exact) mass is 416 g/mol. The van der Waals surface area contributed by atoms with Gasteiger partial charge in [0, 0.05) is 23.8 Å². The third-order valence-electron chi connectivity index (χ3n) is 5.61. The Balaban J connectivity index is 1.96. The average Bonchev–Trinajstić information content (AvgIpc) is 2.71. The Morgan fingerprint density at radius 2 is 1.93 bits per heavy atom. The lowest BCUT2D eigenvalue weighted by molar-refractivity contribution is 0.102. The summed E-state index contributed by atoms with van der Waals surface area (Å²) in [5, 5.41) is 2.88. The van der Waals surface area contributed by atoms with Crippen molar-refractivity contribution in [3.8, 4) is 5.75 Å². The van der Waals surface area contributed by atoms with E-state index in [2.05, 4.69) is 5.32 Å². The van der Waals surface area contributed by atoms with Gasteiger partial charge < -0.3 is 10.1 Å². The van der Waals surface area contributed by atoms with Gasteiger partial charge in [0.25, 0.3) is 5.91 Å². The second-order valence-electron chi connectivity index (χ2n) is 7.53. The van der Waals surface area contributed by atoms with E-state index in [1.807, 2.05) is 39.0 Å². The van der Waals surface area contributed by atoms with Gasteiger partial charge in [-0.15, -0.1) is 0 Å². The average molecular weight is 417 g/mol. The zero-order valence-electron chi connectivity index (χ0n) is 17.4. The van der Waals surface area contributed by atoms with Crippen LogP contribution in [0.5, 0.6) is 5.75 Å². The Hall–Kier alpha value is -2.38. The summed E-state index contributed by atoms with van der Waals surface area (Å²) in [6.07, 6.45) is 2.68. The van der Waals surface area contributed by atoms with Crippen molar-refractivity contribution < 1.29 is 17.9 Å². The Bertz CT molecular complexity index is 1020. The number of anilines is 1. The van der Waals surface area contributed by atoms with Gasteiger partial charge in [-0.25, -0.2) is 8.42 Å². The highest BCUT2D eigenvalue weighted by molar-refractivity contribution is 7.89. The van der Waals surface area contributed by atoms with Crippen LogP contribution in [0.3, 0.4) is 0 Å². The van der Waals surface area contributed by atoms with Gasteiger partial charge in [0.05, 0.1) is 7.11 Å². The molecule has 1 aliphatic heterocycles. The first-order valence-electron chi connectivity index (χ1n) is 9.83. The van der Waals surface area contributed by atoms with Crippen LogP contribution in [0.4, 0.5) is 5.69 Å². The third-order valence-corrected chi connectivity index (χ3v) is 7.64. The minimum absolute atomic E-state index is 0.0300. The number of methoxy groups -OCH3 is 1. The summed E-state index contributed by atoms with van der Waals surface area (Å²) < 4.78 is 33.5. The number of sulfonamides is 1. The molecular formula is C22H28N2O4S. The van der Waals surface area contributed by atoms with Crippen molar-refractivity contribution in [1.82, 2.24) is 4.31 Å². The van der Waals surface area contributed by atoms with E-state index >= 15 is 0 Å². The number of aryl methyl sites for hydroxylation is 1. The van der Waals surface area contributed by atoms with E-state index in [1.165, 1.54) is 17.5 Å². The normalized spacial score (nSPS) is 17.7. The van der Waals surface area contributed by atoms with Crippen LogP contribution in [0.25, 0.3) is 0 Å². The third kappa shape index (κ3) is 4.31. The molecule has 1 heterocycles. The van der Waals surface area contributed by atoms with E-state index in [9.17, 15) is 13.2 Å². The summed E-state index contributed by atoms with van der Waals surface area (Å²) in [5.74, 6) is -0.115. The molecule has 0 aliphatic carbocycles. The van der Waals surface area contributed by atoms with Gasteiger partial charge >= 0.3 is 0 Å². The highest BCUT2D eigenvalue weighted by Crippen LogP contribution is 2.32. The summed E-state index contributed by atoms with van der Waals surface area (Å²) in [6, 6.07) is 10.1. The number of piperidine rings is 1. The molecule has 1 aliphatic rings. The van der Waals surface area contributed by atoms with Gasteiger partial charge in [-0.3, -0.25) is 4.79 Å². The summed E-state index contributed by atoms with van der Waals surface area (Å²) in [5.41, 5.74) is 3.03. The number of amides is 1. The quantitative estimate of drug-likeness (QED) is 0.795. The molecule has 1 fully saturated rings. The summed E-state index contributed by atoms with van der Waals surface area (Å²) >= 11 is 0. The van der Waals surface area contributed by atoms with E-state index < -0.39 is 10.0 Å². The molecule has 1 atom stereocenters. The van der Waals surface area contributed by atoms with E-state index in [1.54, 1.807) is 12.1 Å². The highest BCUT2D eigenvalue weighted by atomic mass is 32.2. The minimum Gasteiger partial charge on any atom is -0.495 e. The smallest absolute Gasteiger partial charge is 0.255 e. The minimum atomic E-state index is -3.77. The number of hydrogen-bond acceptors (Lipinski definition) is 4. The van der Waals surface area contributed by atoms with Crippen LogP contribution in [-0.4, -0.2) is 38.3 Å². The first-order valence-corrected chi connectivity index (χ1v) is 11.3. The summed E-state index contributed by atoms with van der Waals surface area (Å²) in [7, 11) is -2.34. The fraction of sp³-hybridized carbons (Fsp3) is 0.409. The fourth-order valence-corrected chi connectivity index (χ4v) is 5.54. The van der Waals surface area contributed by atoms with Gasteiger partial charge in [0.2, 0.25) is 10.0 Å². The zero-order valence-corrected chi connectivity index (χ0v) is 18.2. The highest BCUT2D eigenvalue weighted by Gasteiger charge is 2.33. The maximum absolute atomic E-state index is 13.3. The van der Waals surface area contributed by atoms with Crippen LogP contribution in [0.1, 0.15) is 47.7 Å². The van der Waals surface area contributed by atoms with Crippen molar-refractivity contribution in [3.63, 3.8) is 0 Å². The molecule has 3 rings (SSSR count). The lowest BCUT2D eigenvalue weighted by Crippen LogP contribution is -2.42. The van der Waals surface area contributed by atoms with Crippen molar-refractivity contribution in [2.45, 2.75) is 51.0 Å². The van der Waals surface area contributed by atoms with Gasteiger partial charge in [-0.05, 0) is 69.0 Å². The molecule has 29 heavy (non-hydrogen) atoms. The molecule has 0 radical (unpaired) electrons. The molecule has 156 valence electrons. The molecule has 0 bridgehead atoms. The van der Waals surface area contributed by atoms with Gasteiger partial charge in [0.15, 0.2) is 0 Å². The Morgan fingerprint density at radius 3 is 2.62 bits per heavy atom. The molecule has 2 aromatic rings. The Kier molecular flexibility index (Phi) is 6.29. The van der Waals surface area contributed by atoms with E-state index in [0.717, 1.165) is 30.4 Å². The zero-order chi connectivity index (χ0) is 21.2. The van der Waals surface area contributed by atoms with Gasteiger partial charge in [0.1, 0.15) is 10.6 Å². The predicted molar refractivity (Wildman–Crippen MR) is 114 cm³/mol. The maximum Gasteiger partial charge on any atom is 0.255 e. The molecule has 0 saturated carbocycles. The van der Waals surface area contributed by atoms with Crippen molar-refractivity contribution in [1.29, 1.82) is 0 Å². The first kappa shape index (κ1) is 21.3. The van der Waals surface area contributed by atoms with Crippen LogP contribution in [0, 0.1) is 13.8 Å². The SMILES string of the molecule is COc1ccc(C(=O)Nc2cccc(C)c2C)cc1S(=O)(=O)N1CCCCC1C. The maximum atomic E-state index is 13.3. The molecule has 7 heteroatoms. The molecule has 2 aromatic carbocycles. The van der Waals surface area contributed by atoms with Crippen LogP contribution in [-0.2, 0) is 10.0 Å². The van der Waals surface area contributed by atoms with Crippen molar-refractivity contribution in [2.24, 2.45) is 0 Å². The molecule has 0 aromatic heterocycles. The van der Waals surface area contributed by atoms with Crippen molar-refractivity contribution in [3.05, 3.63) is 53.1 Å². The lowest BCUT2D eigenvalue weighted by atomic mass is 10.1. The van der Waals surface area contributed by atoms with Crippen LogP contribution in [0.2, 0.25) is 0 Å². The molecule has 1 unspecified atom stereocenters. The number of carbonyl (C=O) groups is 1. The Morgan fingerprint density at radius 1 is 1.17 bits per heavy atom. The van der Waals surface area contributed by atoms with E-state index in [-0.39, 0.29) is 28.2 Å². The summed E-state index contributed by atoms with van der Waals surface area (Å²) in [4.78, 5) is 12.9. The van der Waals surface area contributed by atoms with Gasteiger partial charge in [-0.2, -0.15) is 4.31 Å². The largest absolute Gasteiger partial charge is 0.495 e. The number of ether oxygens (including phenoxy) is 1. The lowest BCUT2D eigenvalue weighted by Gasteiger charge is -2.32. The molecule has 1 saturated heterocycles. The molecule has 6 nitrogen and oxygen atoms in total. The van der Waals surface area contributed by atoms with E-state index in [0.29, 0.717) is 12.2 Å². The van der Waals surface area contributed by atoms with E-state index in [4.69, 9.17) is 4.74 Å². The molecule has 1 N–H and O–H groups in total. The summed E-state index contributed by atoms with van der Waals surface area (Å²) in [6.45, 7) is 6.31. The number of hydrogen-bond donors (Lipinski definition) is 1. The van der Waals surface area contributed by atoms with Crippen LogP contribution >= 0.6 is 0 Å². The predicted octanol–water partition coefficient (Wildman–Crippen LogP) is 4.13. The standard InChI is InChI=1S/C22H28N2O4S/c1-15-8-7-10-19(17(15)3)23-22(25)18-11-12-20(28-4)21(14-18)29(26,27)24-13-6-5-9-16(24)2/h7-8,10-12,14,16H,5-6,9,13H2,1-4H3,(H,23,25). The van der Waals surface area contributed by atoms with Gasteiger partial charge in [-0.1, -0.05) is 18.6 Å². The molecule has 1 amide bonds. The molecular weight excluding hydrogens is 388 g/mol. The Labute approximate surface area is 172 Å². The number of carbonyl (C=O) groups excluding carboxylic acids is 1. The van der Waals surface area contributed by atoms with Crippen LogP contribution in [0.15, 0.2) is 41.3 Å². The first-order chi connectivity index (χ1) is 13.8. The second-order valence-corrected chi connectivity index (χ2v) is 9.39. The van der Waals surface area contributed by atoms with Crippen molar-refractivity contribution in [2.75, 3.05) is 19.0 Å².